The van der Waals surface area contributed by atoms with Gasteiger partial charge in [-0.25, -0.2) is 14.4 Å². The number of carbonyl (C=O) groups is 2. The third-order valence-corrected chi connectivity index (χ3v) is 4.34. The third kappa shape index (κ3) is 4.22. The highest BCUT2D eigenvalue weighted by molar-refractivity contribution is 5.95. The Labute approximate surface area is 151 Å². The smallest absolute Gasteiger partial charge is 0.254 e. The Morgan fingerprint density at radius 3 is 3.04 bits per heavy atom. The van der Waals surface area contributed by atoms with E-state index >= 15 is 0 Å². The molecule has 3 rings (SSSR count). The number of benzene rings is 1. The molecule has 1 saturated heterocycles. The molecule has 1 N–H and O–H groups in total. The molecule has 1 aliphatic rings. The van der Waals surface area contributed by atoms with Crippen molar-refractivity contribution in [2.45, 2.75) is 38.8 Å². The number of nitrogens with zero attached hydrogens (tertiary/aromatic N) is 3. The van der Waals surface area contributed by atoms with Crippen molar-refractivity contribution in [1.82, 2.24) is 20.2 Å². The van der Waals surface area contributed by atoms with Crippen LogP contribution in [0.4, 0.5) is 4.39 Å². The number of nitrogens with one attached hydrogen (secondary N) is 1. The molecule has 2 aromatic rings. The zero-order valence-electron chi connectivity index (χ0n) is 14.6. The van der Waals surface area contributed by atoms with Crippen LogP contribution in [0.25, 0.3) is 0 Å². The maximum Gasteiger partial charge on any atom is 0.254 e. The molecule has 136 valence electrons. The van der Waals surface area contributed by atoms with Gasteiger partial charge in [-0.15, -0.1) is 0 Å². The molecular formula is C19H21FN4O2. The highest BCUT2D eigenvalue weighted by atomic mass is 19.1. The van der Waals surface area contributed by atoms with Gasteiger partial charge < -0.3 is 10.2 Å². The number of likely N-dealkylation sites (tertiary alicyclic amines) is 1. The summed E-state index contributed by atoms with van der Waals surface area (Å²) in [5.41, 5.74) is 1.89. The van der Waals surface area contributed by atoms with Crippen molar-refractivity contribution in [3.63, 3.8) is 0 Å². The second-order valence-corrected chi connectivity index (χ2v) is 6.41. The fraction of sp³-hybridized carbons (Fsp3) is 0.368. The first-order chi connectivity index (χ1) is 12.6. The Kier molecular flexibility index (Phi) is 5.55. The van der Waals surface area contributed by atoms with Crippen molar-refractivity contribution in [3.8, 4) is 0 Å². The minimum absolute atomic E-state index is 0.0577. The SMILES string of the molecule is CCCc1ncncc1C(=O)NC1CC(=O)N(Cc2cccc(F)c2)C1. The highest BCUT2D eigenvalue weighted by Crippen LogP contribution is 2.17. The number of rotatable bonds is 6. The molecule has 0 aliphatic carbocycles. The van der Waals surface area contributed by atoms with Gasteiger partial charge in [0.15, 0.2) is 0 Å². The minimum atomic E-state index is -0.327. The first-order valence-corrected chi connectivity index (χ1v) is 8.68. The van der Waals surface area contributed by atoms with Crippen LogP contribution in [0.1, 0.15) is 41.4 Å². The summed E-state index contributed by atoms with van der Waals surface area (Å²) in [5.74, 6) is -0.649. The van der Waals surface area contributed by atoms with Gasteiger partial charge in [-0.05, 0) is 24.1 Å². The maximum atomic E-state index is 13.3. The second-order valence-electron chi connectivity index (χ2n) is 6.41. The molecule has 6 nitrogen and oxygen atoms in total. The molecule has 1 aromatic carbocycles. The molecule has 1 aromatic heterocycles. The Balaban J connectivity index is 1.63. The molecule has 7 heteroatoms. The molecule has 1 atom stereocenters. The van der Waals surface area contributed by atoms with Gasteiger partial charge in [0.25, 0.3) is 5.91 Å². The van der Waals surface area contributed by atoms with Crippen molar-refractivity contribution in [3.05, 3.63) is 59.4 Å². The lowest BCUT2D eigenvalue weighted by molar-refractivity contribution is -0.128. The Bertz CT molecular complexity index is 812. The number of hydrogen-bond donors (Lipinski definition) is 1. The molecule has 0 bridgehead atoms. The summed E-state index contributed by atoms with van der Waals surface area (Å²) in [6.45, 7) is 2.75. The van der Waals surface area contributed by atoms with E-state index in [2.05, 4.69) is 15.3 Å². The Morgan fingerprint density at radius 2 is 2.27 bits per heavy atom. The van der Waals surface area contributed by atoms with Crippen molar-refractivity contribution in [1.29, 1.82) is 0 Å². The summed E-state index contributed by atoms with van der Waals surface area (Å²) in [5, 5.41) is 2.90. The Morgan fingerprint density at radius 1 is 1.42 bits per heavy atom. The lowest BCUT2D eigenvalue weighted by Gasteiger charge is -2.17. The monoisotopic (exact) mass is 356 g/mol. The predicted molar refractivity (Wildman–Crippen MR) is 93.7 cm³/mol. The largest absolute Gasteiger partial charge is 0.347 e. The van der Waals surface area contributed by atoms with Gasteiger partial charge >= 0.3 is 0 Å². The first-order valence-electron chi connectivity index (χ1n) is 8.68. The van der Waals surface area contributed by atoms with Crippen LogP contribution in [-0.4, -0.2) is 39.3 Å². The van der Waals surface area contributed by atoms with Gasteiger partial charge in [0.1, 0.15) is 12.1 Å². The maximum absolute atomic E-state index is 13.3. The van der Waals surface area contributed by atoms with Gasteiger partial charge in [-0.2, -0.15) is 0 Å². The van der Waals surface area contributed by atoms with Crippen LogP contribution in [0.2, 0.25) is 0 Å². The summed E-state index contributed by atoms with van der Waals surface area (Å²) < 4.78 is 13.3. The average Bonchev–Trinajstić information content (AvgIpc) is 2.94. The third-order valence-electron chi connectivity index (χ3n) is 4.34. The number of amides is 2. The van der Waals surface area contributed by atoms with Gasteiger partial charge in [-0.1, -0.05) is 25.5 Å². The van der Waals surface area contributed by atoms with Crippen LogP contribution in [0.15, 0.2) is 36.8 Å². The molecule has 1 unspecified atom stereocenters. The average molecular weight is 356 g/mol. The van der Waals surface area contributed by atoms with Crippen LogP contribution < -0.4 is 5.32 Å². The quantitative estimate of drug-likeness (QED) is 0.860. The standard InChI is InChI=1S/C19H21FN4O2/c1-2-4-17-16(9-21-12-22-17)19(26)23-15-8-18(25)24(11-15)10-13-5-3-6-14(20)7-13/h3,5-7,9,12,15H,2,4,8,10-11H2,1H3,(H,23,26). The molecular weight excluding hydrogens is 335 g/mol. The molecule has 0 radical (unpaired) electrons. The van der Waals surface area contributed by atoms with E-state index in [-0.39, 0.29) is 30.1 Å². The summed E-state index contributed by atoms with van der Waals surface area (Å²) in [4.78, 5) is 34.5. The first kappa shape index (κ1) is 18.0. The van der Waals surface area contributed by atoms with E-state index in [0.717, 1.165) is 12.0 Å². The van der Waals surface area contributed by atoms with E-state index in [1.807, 2.05) is 6.92 Å². The normalized spacial score (nSPS) is 16.8. The molecule has 2 heterocycles. The van der Waals surface area contributed by atoms with Crippen molar-refractivity contribution in [2.24, 2.45) is 0 Å². The van der Waals surface area contributed by atoms with E-state index in [0.29, 0.717) is 30.8 Å². The highest BCUT2D eigenvalue weighted by Gasteiger charge is 2.31. The molecule has 1 aliphatic heterocycles. The van der Waals surface area contributed by atoms with E-state index in [9.17, 15) is 14.0 Å². The summed E-state index contributed by atoms with van der Waals surface area (Å²) >= 11 is 0. The van der Waals surface area contributed by atoms with Crippen LogP contribution in [0.5, 0.6) is 0 Å². The van der Waals surface area contributed by atoms with Gasteiger partial charge in [0, 0.05) is 25.7 Å². The number of aromatic nitrogens is 2. The van der Waals surface area contributed by atoms with E-state index < -0.39 is 0 Å². The molecule has 1 fully saturated rings. The van der Waals surface area contributed by atoms with Crippen LogP contribution >= 0.6 is 0 Å². The van der Waals surface area contributed by atoms with Crippen molar-refractivity contribution < 1.29 is 14.0 Å². The lowest BCUT2D eigenvalue weighted by Crippen LogP contribution is -2.37. The zero-order chi connectivity index (χ0) is 18.5. The number of carbonyl (C=O) groups excluding carboxylic acids is 2. The van der Waals surface area contributed by atoms with Crippen LogP contribution in [0, 0.1) is 5.82 Å². The molecule has 26 heavy (non-hydrogen) atoms. The predicted octanol–water partition coefficient (Wildman–Crippen LogP) is 2.10. The summed E-state index contributed by atoms with van der Waals surface area (Å²) in [7, 11) is 0. The van der Waals surface area contributed by atoms with Crippen LogP contribution in [-0.2, 0) is 17.8 Å². The van der Waals surface area contributed by atoms with Gasteiger partial charge in [-0.3, -0.25) is 9.59 Å². The van der Waals surface area contributed by atoms with Gasteiger partial charge in [0.2, 0.25) is 5.91 Å². The van der Waals surface area contributed by atoms with Gasteiger partial charge in [0.05, 0.1) is 17.3 Å². The minimum Gasteiger partial charge on any atom is -0.347 e. The lowest BCUT2D eigenvalue weighted by atomic mass is 10.1. The molecule has 0 saturated carbocycles. The summed E-state index contributed by atoms with van der Waals surface area (Å²) in [6.07, 6.45) is 4.75. The second kappa shape index (κ2) is 8.03. The molecule has 2 amide bonds. The fourth-order valence-electron chi connectivity index (χ4n) is 3.12. The van der Waals surface area contributed by atoms with Crippen molar-refractivity contribution in [2.75, 3.05) is 6.54 Å². The number of hydrogen-bond acceptors (Lipinski definition) is 4. The number of halogens is 1. The zero-order valence-corrected chi connectivity index (χ0v) is 14.6. The fourth-order valence-corrected chi connectivity index (χ4v) is 3.12. The summed E-state index contributed by atoms with van der Waals surface area (Å²) in [6, 6.07) is 5.90. The van der Waals surface area contributed by atoms with E-state index in [1.165, 1.54) is 24.7 Å². The van der Waals surface area contributed by atoms with Crippen molar-refractivity contribution >= 4 is 11.8 Å². The van der Waals surface area contributed by atoms with E-state index in [4.69, 9.17) is 0 Å². The van der Waals surface area contributed by atoms with Crippen LogP contribution in [0.3, 0.4) is 0 Å². The molecule has 0 spiro atoms. The topological polar surface area (TPSA) is 75.2 Å². The van der Waals surface area contributed by atoms with E-state index in [1.54, 1.807) is 17.0 Å². The Hall–Kier alpha value is -2.83. The number of aryl methyl sites for hydroxylation is 1.